The first-order valence-corrected chi connectivity index (χ1v) is 6.33. The Labute approximate surface area is 104 Å². The molecule has 2 heterocycles. The summed E-state index contributed by atoms with van der Waals surface area (Å²) in [7, 11) is 1.42. The van der Waals surface area contributed by atoms with Gasteiger partial charge in [-0.3, -0.25) is 9.20 Å². The molecule has 0 saturated carbocycles. The second kappa shape index (κ2) is 5.23. The van der Waals surface area contributed by atoms with Crippen molar-refractivity contribution in [3.63, 3.8) is 0 Å². The minimum atomic E-state index is -0.171. The van der Waals surface area contributed by atoms with E-state index in [4.69, 9.17) is 4.74 Å². The predicted octanol–water partition coefficient (Wildman–Crippen LogP) is 2.24. The smallest absolute Gasteiger partial charge is 0.309 e. The zero-order valence-corrected chi connectivity index (χ0v) is 10.6. The SMILES string of the molecule is COC(=O)C(C)CSc1cccc2nccn12. The maximum Gasteiger partial charge on any atom is 0.309 e. The van der Waals surface area contributed by atoms with Gasteiger partial charge in [0.05, 0.1) is 18.1 Å². The van der Waals surface area contributed by atoms with Crippen LogP contribution in [0.4, 0.5) is 0 Å². The molecule has 0 aliphatic rings. The number of thioether (sulfide) groups is 1. The number of aromatic nitrogens is 2. The van der Waals surface area contributed by atoms with Crippen LogP contribution in [0.2, 0.25) is 0 Å². The number of imidazole rings is 1. The van der Waals surface area contributed by atoms with E-state index in [0.717, 1.165) is 10.7 Å². The Morgan fingerprint density at radius 3 is 3.18 bits per heavy atom. The van der Waals surface area contributed by atoms with Gasteiger partial charge in [-0.25, -0.2) is 4.98 Å². The molecule has 0 amide bonds. The Balaban J connectivity index is 2.09. The molecule has 0 bridgehead atoms. The number of methoxy groups -OCH3 is 1. The van der Waals surface area contributed by atoms with Gasteiger partial charge in [-0.05, 0) is 12.1 Å². The van der Waals surface area contributed by atoms with Gasteiger partial charge in [0.15, 0.2) is 0 Å². The van der Waals surface area contributed by atoms with Crippen LogP contribution in [0.3, 0.4) is 0 Å². The molecule has 1 atom stereocenters. The lowest BCUT2D eigenvalue weighted by molar-refractivity contribution is -0.143. The average Bonchev–Trinajstić information content (AvgIpc) is 2.83. The van der Waals surface area contributed by atoms with E-state index in [0.29, 0.717) is 5.75 Å². The van der Waals surface area contributed by atoms with E-state index in [1.54, 1.807) is 18.0 Å². The van der Waals surface area contributed by atoms with E-state index in [1.807, 2.05) is 35.7 Å². The van der Waals surface area contributed by atoms with Crippen LogP contribution in [-0.2, 0) is 9.53 Å². The summed E-state index contributed by atoms with van der Waals surface area (Å²) < 4.78 is 6.71. The molecule has 90 valence electrons. The second-order valence-corrected chi connectivity index (χ2v) is 4.79. The third-order valence-corrected chi connectivity index (χ3v) is 3.77. The standard InChI is InChI=1S/C12H14N2O2S/c1-9(12(15)16-2)8-17-11-5-3-4-10-13-6-7-14(10)11/h3-7,9H,8H2,1-2H3. The van der Waals surface area contributed by atoms with Gasteiger partial charge in [-0.2, -0.15) is 0 Å². The fourth-order valence-electron chi connectivity index (χ4n) is 1.52. The maximum atomic E-state index is 11.3. The van der Waals surface area contributed by atoms with Gasteiger partial charge in [-0.15, -0.1) is 11.8 Å². The third-order valence-electron chi connectivity index (χ3n) is 2.48. The molecule has 0 aromatic carbocycles. The quantitative estimate of drug-likeness (QED) is 0.616. The van der Waals surface area contributed by atoms with E-state index in [-0.39, 0.29) is 11.9 Å². The van der Waals surface area contributed by atoms with Crippen molar-refractivity contribution in [1.29, 1.82) is 0 Å². The van der Waals surface area contributed by atoms with Gasteiger partial charge < -0.3 is 4.74 Å². The number of pyridine rings is 1. The van der Waals surface area contributed by atoms with Crippen LogP contribution in [0.1, 0.15) is 6.92 Å². The van der Waals surface area contributed by atoms with E-state index < -0.39 is 0 Å². The summed E-state index contributed by atoms with van der Waals surface area (Å²) in [4.78, 5) is 15.5. The van der Waals surface area contributed by atoms with Crippen LogP contribution in [0.25, 0.3) is 5.65 Å². The summed E-state index contributed by atoms with van der Waals surface area (Å²) in [5, 5.41) is 1.08. The van der Waals surface area contributed by atoms with Crippen molar-refractivity contribution in [2.75, 3.05) is 12.9 Å². The van der Waals surface area contributed by atoms with Gasteiger partial charge in [0.2, 0.25) is 0 Å². The van der Waals surface area contributed by atoms with E-state index in [1.165, 1.54) is 7.11 Å². The molecule has 0 radical (unpaired) electrons. The first kappa shape index (κ1) is 12.0. The lowest BCUT2D eigenvalue weighted by atomic mass is 10.2. The molecular weight excluding hydrogens is 236 g/mol. The van der Waals surface area contributed by atoms with Gasteiger partial charge >= 0.3 is 5.97 Å². The van der Waals surface area contributed by atoms with Crippen molar-refractivity contribution in [3.05, 3.63) is 30.6 Å². The molecule has 0 fully saturated rings. The average molecular weight is 250 g/mol. The number of hydrogen-bond acceptors (Lipinski definition) is 4. The van der Waals surface area contributed by atoms with Crippen molar-refractivity contribution < 1.29 is 9.53 Å². The Kier molecular flexibility index (Phi) is 3.68. The normalized spacial score (nSPS) is 12.6. The fourth-order valence-corrected chi connectivity index (χ4v) is 2.54. The first-order valence-electron chi connectivity index (χ1n) is 5.35. The zero-order valence-electron chi connectivity index (χ0n) is 9.79. The number of ether oxygens (including phenoxy) is 1. The Hall–Kier alpha value is -1.49. The summed E-state index contributed by atoms with van der Waals surface area (Å²) in [5.41, 5.74) is 0.917. The maximum absolute atomic E-state index is 11.3. The van der Waals surface area contributed by atoms with E-state index in [2.05, 4.69) is 4.98 Å². The Morgan fingerprint density at radius 2 is 2.41 bits per heavy atom. The zero-order chi connectivity index (χ0) is 12.3. The summed E-state index contributed by atoms with van der Waals surface area (Å²) >= 11 is 1.63. The first-order chi connectivity index (χ1) is 8.22. The van der Waals surface area contributed by atoms with Crippen LogP contribution >= 0.6 is 11.8 Å². The summed E-state index contributed by atoms with van der Waals surface area (Å²) in [5.74, 6) is 0.420. The fraction of sp³-hybridized carbons (Fsp3) is 0.333. The van der Waals surface area contributed by atoms with Gasteiger partial charge in [0, 0.05) is 18.1 Å². The van der Waals surface area contributed by atoms with Crippen molar-refractivity contribution in [1.82, 2.24) is 9.38 Å². The molecule has 0 saturated heterocycles. The van der Waals surface area contributed by atoms with Crippen molar-refractivity contribution >= 4 is 23.4 Å². The van der Waals surface area contributed by atoms with Crippen molar-refractivity contribution in [2.24, 2.45) is 5.92 Å². The highest BCUT2D eigenvalue weighted by Gasteiger charge is 2.13. The highest BCUT2D eigenvalue weighted by Crippen LogP contribution is 2.22. The largest absolute Gasteiger partial charge is 0.469 e. The number of hydrogen-bond donors (Lipinski definition) is 0. The molecule has 1 unspecified atom stereocenters. The number of rotatable bonds is 4. The van der Waals surface area contributed by atoms with Crippen LogP contribution in [0.15, 0.2) is 35.6 Å². The second-order valence-electron chi connectivity index (χ2n) is 3.75. The number of carbonyl (C=O) groups excluding carboxylic acids is 1. The van der Waals surface area contributed by atoms with E-state index >= 15 is 0 Å². The molecule has 2 aromatic heterocycles. The highest BCUT2D eigenvalue weighted by molar-refractivity contribution is 7.99. The van der Waals surface area contributed by atoms with Crippen LogP contribution < -0.4 is 0 Å². The summed E-state index contributed by atoms with van der Waals surface area (Å²) in [6, 6.07) is 5.94. The molecular formula is C12H14N2O2S. The lowest BCUT2D eigenvalue weighted by Crippen LogP contribution is -2.14. The number of carbonyl (C=O) groups is 1. The van der Waals surface area contributed by atoms with Crippen LogP contribution in [-0.4, -0.2) is 28.2 Å². The lowest BCUT2D eigenvalue weighted by Gasteiger charge is -2.09. The molecule has 0 aliphatic carbocycles. The number of fused-ring (bicyclic) bond motifs is 1. The molecule has 2 rings (SSSR count). The van der Waals surface area contributed by atoms with Crippen LogP contribution in [0, 0.1) is 5.92 Å². The molecule has 17 heavy (non-hydrogen) atoms. The molecule has 2 aromatic rings. The monoisotopic (exact) mass is 250 g/mol. The number of nitrogens with zero attached hydrogens (tertiary/aromatic N) is 2. The predicted molar refractivity (Wildman–Crippen MR) is 67.1 cm³/mol. The molecule has 0 N–H and O–H groups in total. The minimum Gasteiger partial charge on any atom is -0.469 e. The molecule has 0 spiro atoms. The Morgan fingerprint density at radius 1 is 1.59 bits per heavy atom. The third kappa shape index (κ3) is 2.61. The minimum absolute atomic E-state index is 0.108. The molecule has 0 aliphatic heterocycles. The van der Waals surface area contributed by atoms with Crippen LogP contribution in [0.5, 0.6) is 0 Å². The van der Waals surface area contributed by atoms with Gasteiger partial charge in [-0.1, -0.05) is 13.0 Å². The molecule has 5 heteroatoms. The van der Waals surface area contributed by atoms with Crippen molar-refractivity contribution in [2.45, 2.75) is 11.9 Å². The van der Waals surface area contributed by atoms with Gasteiger partial charge in [0.25, 0.3) is 0 Å². The summed E-state index contributed by atoms with van der Waals surface area (Å²) in [6.07, 6.45) is 3.68. The topological polar surface area (TPSA) is 43.6 Å². The van der Waals surface area contributed by atoms with Crippen molar-refractivity contribution in [3.8, 4) is 0 Å². The summed E-state index contributed by atoms with van der Waals surface area (Å²) in [6.45, 7) is 1.87. The number of esters is 1. The molecule has 4 nitrogen and oxygen atoms in total. The highest BCUT2D eigenvalue weighted by atomic mass is 32.2. The van der Waals surface area contributed by atoms with Gasteiger partial charge in [0.1, 0.15) is 5.65 Å². The van der Waals surface area contributed by atoms with E-state index in [9.17, 15) is 4.79 Å². The Bertz CT molecular complexity index is 524.